The minimum Gasteiger partial charge on any atom is -0.479 e. The smallest absolute Gasteiger partial charge is 0.332 e. The molecular weight excluding hydrogens is 272 g/mol. The van der Waals surface area contributed by atoms with E-state index in [0.717, 1.165) is 0 Å². The largest absolute Gasteiger partial charge is 0.479 e. The van der Waals surface area contributed by atoms with Crippen LogP contribution in [-0.4, -0.2) is 27.3 Å². The van der Waals surface area contributed by atoms with Crippen molar-refractivity contribution < 1.29 is 19.2 Å². The van der Waals surface area contributed by atoms with Crippen LogP contribution in [0.1, 0.15) is 12.8 Å². The van der Waals surface area contributed by atoms with Crippen LogP contribution < -0.4 is 0 Å². The number of ether oxygens (including phenoxy) is 1. The van der Waals surface area contributed by atoms with Crippen LogP contribution in [0.5, 0.6) is 0 Å². The molecular formula is C12H11ClN2O4. The maximum atomic E-state index is 10.6. The molecule has 0 fully saturated rings. The lowest BCUT2D eigenvalue weighted by atomic mass is 10.2. The average Bonchev–Trinajstić information content (AvgIpc) is 2.85. The van der Waals surface area contributed by atoms with Gasteiger partial charge in [0.25, 0.3) is 5.89 Å². The van der Waals surface area contributed by atoms with Crippen LogP contribution >= 0.6 is 11.6 Å². The highest BCUT2D eigenvalue weighted by molar-refractivity contribution is 6.33. The number of hydrogen-bond acceptors (Lipinski definition) is 5. The fourth-order valence-corrected chi connectivity index (χ4v) is 1.55. The normalized spacial score (nSPS) is 12.3. The molecule has 1 N–H and O–H groups in total. The third-order valence-electron chi connectivity index (χ3n) is 2.39. The van der Waals surface area contributed by atoms with Gasteiger partial charge in [0, 0.05) is 5.56 Å². The summed E-state index contributed by atoms with van der Waals surface area (Å²) in [5, 5.41) is 13.0. The van der Waals surface area contributed by atoms with Crippen molar-refractivity contribution in [2.75, 3.05) is 0 Å². The van der Waals surface area contributed by atoms with Gasteiger partial charge in [0.15, 0.2) is 6.10 Å². The first-order chi connectivity index (χ1) is 9.08. The van der Waals surface area contributed by atoms with Crippen molar-refractivity contribution in [1.82, 2.24) is 10.1 Å². The van der Waals surface area contributed by atoms with E-state index in [1.54, 1.807) is 24.3 Å². The molecule has 1 unspecified atom stereocenters. The first kappa shape index (κ1) is 13.5. The standard InChI is InChI=1S/C12H11ClN2O4/c1-7(12(16)17)18-6-10-14-11(15-19-10)8-4-2-3-5-9(8)13/h2-5,7H,6H2,1H3,(H,16,17). The topological polar surface area (TPSA) is 85.5 Å². The van der Waals surface area contributed by atoms with Crippen molar-refractivity contribution in [3.8, 4) is 11.4 Å². The lowest BCUT2D eigenvalue weighted by Crippen LogP contribution is -2.19. The lowest BCUT2D eigenvalue weighted by molar-refractivity contribution is -0.150. The van der Waals surface area contributed by atoms with Gasteiger partial charge in [-0.15, -0.1) is 0 Å². The number of aliphatic carboxylic acids is 1. The average molecular weight is 283 g/mol. The molecule has 1 heterocycles. The molecule has 0 radical (unpaired) electrons. The maximum absolute atomic E-state index is 10.6. The van der Waals surface area contributed by atoms with Crippen molar-refractivity contribution in [3.63, 3.8) is 0 Å². The van der Waals surface area contributed by atoms with Crippen molar-refractivity contribution >= 4 is 17.6 Å². The second kappa shape index (κ2) is 5.81. The third kappa shape index (κ3) is 3.30. The molecule has 1 atom stereocenters. The molecule has 0 amide bonds. The number of carboxylic acids is 1. The molecule has 1 aromatic carbocycles. The predicted octanol–water partition coefficient (Wildman–Crippen LogP) is 2.38. The van der Waals surface area contributed by atoms with Crippen LogP contribution in [0.4, 0.5) is 0 Å². The molecule has 0 saturated carbocycles. The minimum atomic E-state index is -1.05. The van der Waals surface area contributed by atoms with Crippen LogP contribution in [0, 0.1) is 0 Å². The highest BCUT2D eigenvalue weighted by Crippen LogP contribution is 2.24. The number of carbonyl (C=O) groups is 1. The van der Waals surface area contributed by atoms with E-state index < -0.39 is 12.1 Å². The van der Waals surface area contributed by atoms with E-state index >= 15 is 0 Å². The molecule has 0 aliphatic rings. The van der Waals surface area contributed by atoms with Crippen LogP contribution in [-0.2, 0) is 16.1 Å². The summed E-state index contributed by atoms with van der Waals surface area (Å²) in [5.74, 6) is -0.513. The third-order valence-corrected chi connectivity index (χ3v) is 2.72. The van der Waals surface area contributed by atoms with E-state index in [0.29, 0.717) is 16.4 Å². The molecule has 0 aliphatic carbocycles. The second-order valence-corrected chi connectivity index (χ2v) is 4.19. The Balaban J connectivity index is 2.08. The Labute approximate surface area is 114 Å². The van der Waals surface area contributed by atoms with Gasteiger partial charge in [-0.3, -0.25) is 0 Å². The SMILES string of the molecule is CC(OCc1nc(-c2ccccc2Cl)no1)C(=O)O. The zero-order valence-corrected chi connectivity index (χ0v) is 10.8. The lowest BCUT2D eigenvalue weighted by Gasteiger charge is -2.04. The Morgan fingerprint density at radius 1 is 1.53 bits per heavy atom. The summed E-state index contributed by atoms with van der Waals surface area (Å²) < 4.78 is 10.0. The number of nitrogens with zero attached hydrogens (tertiary/aromatic N) is 2. The van der Waals surface area contributed by atoms with Crippen molar-refractivity contribution in [1.29, 1.82) is 0 Å². The number of carboxylic acid groups (broad SMARTS) is 1. The van der Waals surface area contributed by atoms with Crippen molar-refractivity contribution in [3.05, 3.63) is 35.2 Å². The van der Waals surface area contributed by atoms with Crippen LogP contribution in [0.2, 0.25) is 5.02 Å². The summed E-state index contributed by atoms with van der Waals surface area (Å²) in [7, 11) is 0. The van der Waals surface area contributed by atoms with E-state index in [9.17, 15) is 4.79 Å². The fourth-order valence-electron chi connectivity index (χ4n) is 1.33. The summed E-state index contributed by atoms with van der Waals surface area (Å²) in [6.45, 7) is 1.36. The zero-order chi connectivity index (χ0) is 13.8. The maximum Gasteiger partial charge on any atom is 0.332 e. The monoisotopic (exact) mass is 282 g/mol. The number of benzene rings is 1. The highest BCUT2D eigenvalue weighted by atomic mass is 35.5. The Kier molecular flexibility index (Phi) is 4.13. The van der Waals surface area contributed by atoms with Gasteiger partial charge in [0.1, 0.15) is 6.61 Å². The summed E-state index contributed by atoms with van der Waals surface area (Å²) in [5.41, 5.74) is 0.644. The van der Waals surface area contributed by atoms with Crippen LogP contribution in [0.3, 0.4) is 0 Å². The minimum absolute atomic E-state index is 0.0646. The molecule has 2 aromatic rings. The molecule has 19 heavy (non-hydrogen) atoms. The van der Waals surface area contributed by atoms with Gasteiger partial charge in [-0.05, 0) is 19.1 Å². The molecule has 100 valence electrons. The Morgan fingerprint density at radius 3 is 2.95 bits per heavy atom. The zero-order valence-electron chi connectivity index (χ0n) is 10.0. The fraction of sp³-hybridized carbons (Fsp3) is 0.250. The molecule has 6 nitrogen and oxygen atoms in total. The quantitative estimate of drug-likeness (QED) is 0.906. The van der Waals surface area contributed by atoms with Gasteiger partial charge < -0.3 is 14.4 Å². The van der Waals surface area contributed by atoms with Gasteiger partial charge in [0.2, 0.25) is 5.82 Å². The van der Waals surface area contributed by atoms with Gasteiger partial charge >= 0.3 is 5.97 Å². The first-order valence-corrected chi connectivity index (χ1v) is 5.87. The summed E-state index contributed by atoms with van der Waals surface area (Å²) in [4.78, 5) is 14.7. The van der Waals surface area contributed by atoms with Gasteiger partial charge in [-0.2, -0.15) is 4.98 Å². The van der Waals surface area contributed by atoms with Crippen molar-refractivity contribution in [2.24, 2.45) is 0 Å². The molecule has 0 saturated heterocycles. The van der Waals surface area contributed by atoms with Gasteiger partial charge in [0.05, 0.1) is 5.02 Å². The molecule has 7 heteroatoms. The molecule has 1 aromatic heterocycles. The molecule has 2 rings (SSSR count). The number of aromatic nitrogens is 2. The summed E-state index contributed by atoms with van der Waals surface area (Å²) in [6.07, 6.45) is -0.935. The van der Waals surface area contributed by atoms with Crippen LogP contribution in [0.15, 0.2) is 28.8 Å². The number of hydrogen-bond donors (Lipinski definition) is 1. The molecule has 0 aliphatic heterocycles. The highest BCUT2D eigenvalue weighted by Gasteiger charge is 2.15. The summed E-state index contributed by atoms with van der Waals surface area (Å²) in [6, 6.07) is 7.08. The first-order valence-electron chi connectivity index (χ1n) is 5.50. The van der Waals surface area contributed by atoms with Crippen LogP contribution in [0.25, 0.3) is 11.4 Å². The second-order valence-electron chi connectivity index (χ2n) is 3.78. The molecule has 0 bridgehead atoms. The van der Waals surface area contributed by atoms with Gasteiger partial charge in [-0.25, -0.2) is 4.79 Å². The van der Waals surface area contributed by atoms with Crippen molar-refractivity contribution in [2.45, 2.75) is 19.6 Å². The van der Waals surface area contributed by atoms with E-state index in [1.165, 1.54) is 6.92 Å². The Bertz CT molecular complexity index is 585. The summed E-state index contributed by atoms with van der Waals surface area (Å²) >= 11 is 6.01. The van der Waals surface area contributed by atoms with Gasteiger partial charge in [-0.1, -0.05) is 28.9 Å². The Hall–Kier alpha value is -1.92. The number of rotatable bonds is 5. The van der Waals surface area contributed by atoms with E-state index in [2.05, 4.69) is 10.1 Å². The van der Waals surface area contributed by atoms with E-state index in [1.807, 2.05) is 0 Å². The van der Waals surface area contributed by atoms with E-state index in [-0.39, 0.29) is 12.5 Å². The Morgan fingerprint density at radius 2 is 2.26 bits per heavy atom. The predicted molar refractivity (Wildman–Crippen MR) is 66.6 cm³/mol. The van der Waals surface area contributed by atoms with E-state index in [4.69, 9.17) is 26.0 Å². The number of halogens is 1. The molecule has 0 spiro atoms.